The van der Waals surface area contributed by atoms with Crippen LogP contribution in [0.15, 0.2) is 18.2 Å². The van der Waals surface area contributed by atoms with Crippen molar-refractivity contribution in [3.05, 3.63) is 23.8 Å². The number of nitrogens with zero attached hydrogens (tertiary/aromatic N) is 1. The van der Waals surface area contributed by atoms with Crippen molar-refractivity contribution in [3.8, 4) is 11.5 Å². The van der Waals surface area contributed by atoms with Crippen molar-refractivity contribution in [3.63, 3.8) is 0 Å². The van der Waals surface area contributed by atoms with E-state index in [1.807, 2.05) is 18.2 Å². The Bertz CT molecular complexity index is 634. The molecule has 3 amide bonds. The number of carbonyl (C=O) groups excluding carboxylic acids is 2. The molecule has 7 heteroatoms. The van der Waals surface area contributed by atoms with E-state index in [4.69, 9.17) is 9.47 Å². The Morgan fingerprint density at radius 2 is 2.21 bits per heavy atom. The van der Waals surface area contributed by atoms with Crippen molar-refractivity contribution in [2.75, 3.05) is 40.4 Å². The second-order valence-electron chi connectivity index (χ2n) is 6.17. The standard InChI is InChI=1S/C17H23N3O4/c1-23-12-5-6-13(15(10-12)24-2)14-4-3-8-19(14)11-16(21)20-9-7-18-17(20)22/h5-6,10,14H,3-4,7-9,11H2,1-2H3,(H,18,22)/p+1/t14-/m0/s1. The highest BCUT2D eigenvalue weighted by Crippen LogP contribution is 2.31. The van der Waals surface area contributed by atoms with Crippen LogP contribution in [0.1, 0.15) is 24.4 Å². The first-order valence-corrected chi connectivity index (χ1v) is 8.28. The van der Waals surface area contributed by atoms with Crippen molar-refractivity contribution in [2.45, 2.75) is 18.9 Å². The summed E-state index contributed by atoms with van der Waals surface area (Å²) in [6.45, 7) is 2.24. The molecule has 0 bridgehead atoms. The summed E-state index contributed by atoms with van der Waals surface area (Å²) >= 11 is 0. The molecular formula is C17H24N3O4+. The van der Waals surface area contributed by atoms with Crippen LogP contribution < -0.4 is 19.7 Å². The van der Waals surface area contributed by atoms with Crippen molar-refractivity contribution in [2.24, 2.45) is 0 Å². The summed E-state index contributed by atoms with van der Waals surface area (Å²) < 4.78 is 10.8. The maximum Gasteiger partial charge on any atom is 0.324 e. The number of urea groups is 1. The second-order valence-corrected chi connectivity index (χ2v) is 6.17. The van der Waals surface area contributed by atoms with Gasteiger partial charge in [0, 0.05) is 32.0 Å². The highest BCUT2D eigenvalue weighted by Gasteiger charge is 2.36. The molecule has 1 aromatic carbocycles. The summed E-state index contributed by atoms with van der Waals surface area (Å²) in [4.78, 5) is 26.6. The molecule has 0 aliphatic carbocycles. The average molecular weight is 334 g/mol. The molecule has 1 aromatic rings. The first-order valence-electron chi connectivity index (χ1n) is 8.28. The Hall–Kier alpha value is -2.28. The van der Waals surface area contributed by atoms with Gasteiger partial charge in [0.2, 0.25) is 0 Å². The van der Waals surface area contributed by atoms with Gasteiger partial charge in [-0.2, -0.15) is 0 Å². The number of hydrogen-bond acceptors (Lipinski definition) is 4. The van der Waals surface area contributed by atoms with Crippen LogP contribution in [0.4, 0.5) is 4.79 Å². The summed E-state index contributed by atoms with van der Waals surface area (Å²) in [6, 6.07) is 5.73. The van der Waals surface area contributed by atoms with Crippen LogP contribution in [-0.4, -0.2) is 57.2 Å². The van der Waals surface area contributed by atoms with Gasteiger partial charge in [-0.3, -0.25) is 9.69 Å². The number of hydrogen-bond donors (Lipinski definition) is 2. The van der Waals surface area contributed by atoms with Crippen LogP contribution in [0.25, 0.3) is 0 Å². The van der Waals surface area contributed by atoms with Crippen LogP contribution in [0.2, 0.25) is 0 Å². The summed E-state index contributed by atoms with van der Waals surface area (Å²) in [5.41, 5.74) is 1.09. The average Bonchev–Trinajstić information content (AvgIpc) is 3.23. The lowest BCUT2D eigenvalue weighted by Crippen LogP contribution is -3.11. The van der Waals surface area contributed by atoms with Gasteiger partial charge in [-0.05, 0) is 12.1 Å². The van der Waals surface area contributed by atoms with Gasteiger partial charge in [0.05, 0.1) is 26.3 Å². The summed E-state index contributed by atoms with van der Waals surface area (Å²) in [5.74, 6) is 1.42. The number of amides is 3. The molecule has 2 atom stereocenters. The molecule has 3 rings (SSSR count). The van der Waals surface area contributed by atoms with E-state index in [2.05, 4.69) is 5.32 Å². The maximum absolute atomic E-state index is 12.4. The van der Waals surface area contributed by atoms with E-state index >= 15 is 0 Å². The Balaban J connectivity index is 1.76. The first kappa shape index (κ1) is 16.6. The van der Waals surface area contributed by atoms with Gasteiger partial charge in [-0.1, -0.05) is 0 Å². The van der Waals surface area contributed by atoms with Gasteiger partial charge in [-0.25, -0.2) is 4.79 Å². The van der Waals surface area contributed by atoms with Crippen molar-refractivity contribution >= 4 is 11.9 Å². The predicted molar refractivity (Wildman–Crippen MR) is 87.3 cm³/mol. The molecule has 0 spiro atoms. The number of imide groups is 1. The summed E-state index contributed by atoms with van der Waals surface area (Å²) in [7, 11) is 3.27. The number of methoxy groups -OCH3 is 2. The highest BCUT2D eigenvalue weighted by molar-refractivity contribution is 5.96. The van der Waals surface area contributed by atoms with Crippen molar-refractivity contribution < 1.29 is 24.0 Å². The van der Waals surface area contributed by atoms with Crippen LogP contribution in [0, 0.1) is 0 Å². The number of likely N-dealkylation sites (tertiary alicyclic amines) is 1. The lowest BCUT2D eigenvalue weighted by Gasteiger charge is -2.24. The molecule has 0 aromatic heterocycles. The smallest absolute Gasteiger partial charge is 0.324 e. The Morgan fingerprint density at radius 1 is 1.38 bits per heavy atom. The van der Waals surface area contributed by atoms with Crippen molar-refractivity contribution in [1.29, 1.82) is 0 Å². The van der Waals surface area contributed by atoms with E-state index in [1.54, 1.807) is 14.2 Å². The fraction of sp³-hybridized carbons (Fsp3) is 0.529. The number of quaternary nitrogens is 1. The van der Waals surface area contributed by atoms with E-state index in [-0.39, 0.29) is 18.0 Å². The molecule has 2 aliphatic rings. The Morgan fingerprint density at radius 3 is 2.88 bits per heavy atom. The van der Waals surface area contributed by atoms with Gasteiger partial charge in [0.25, 0.3) is 5.91 Å². The van der Waals surface area contributed by atoms with Gasteiger partial charge in [-0.15, -0.1) is 0 Å². The van der Waals surface area contributed by atoms with Crippen LogP contribution >= 0.6 is 0 Å². The molecule has 7 nitrogen and oxygen atoms in total. The zero-order chi connectivity index (χ0) is 17.1. The molecule has 130 valence electrons. The summed E-state index contributed by atoms with van der Waals surface area (Å²) in [5, 5.41) is 2.67. The topological polar surface area (TPSA) is 72.3 Å². The van der Waals surface area contributed by atoms with E-state index in [0.29, 0.717) is 19.6 Å². The Labute approximate surface area is 141 Å². The normalized spacial score (nSPS) is 23.2. The minimum atomic E-state index is -0.280. The highest BCUT2D eigenvalue weighted by atomic mass is 16.5. The van der Waals surface area contributed by atoms with Crippen LogP contribution in [0.3, 0.4) is 0 Å². The van der Waals surface area contributed by atoms with Gasteiger partial charge >= 0.3 is 6.03 Å². The molecule has 24 heavy (non-hydrogen) atoms. The zero-order valence-electron chi connectivity index (χ0n) is 14.1. The minimum absolute atomic E-state index is 0.112. The SMILES string of the molecule is COc1ccc([C@@H]2CCC[NH+]2CC(=O)N2CCNC2=O)c(OC)c1. The quantitative estimate of drug-likeness (QED) is 0.794. The molecular weight excluding hydrogens is 310 g/mol. The third kappa shape index (κ3) is 3.17. The largest absolute Gasteiger partial charge is 0.497 e. The van der Waals surface area contributed by atoms with Crippen LogP contribution in [-0.2, 0) is 4.79 Å². The number of carbonyl (C=O) groups is 2. The third-order valence-electron chi connectivity index (χ3n) is 4.84. The van der Waals surface area contributed by atoms with E-state index in [0.717, 1.165) is 36.4 Å². The predicted octanol–water partition coefficient (Wildman–Crippen LogP) is -0.0246. The number of rotatable bonds is 5. The molecule has 2 saturated heterocycles. The zero-order valence-corrected chi connectivity index (χ0v) is 14.1. The van der Waals surface area contributed by atoms with E-state index in [1.165, 1.54) is 9.80 Å². The lowest BCUT2D eigenvalue weighted by molar-refractivity contribution is -0.910. The van der Waals surface area contributed by atoms with E-state index in [9.17, 15) is 9.59 Å². The van der Waals surface area contributed by atoms with Crippen LogP contribution in [0.5, 0.6) is 11.5 Å². The minimum Gasteiger partial charge on any atom is -0.497 e. The number of nitrogens with one attached hydrogen (secondary N) is 2. The number of ether oxygens (including phenoxy) is 2. The van der Waals surface area contributed by atoms with Gasteiger partial charge < -0.3 is 19.7 Å². The van der Waals surface area contributed by atoms with Crippen molar-refractivity contribution in [1.82, 2.24) is 10.2 Å². The maximum atomic E-state index is 12.4. The van der Waals surface area contributed by atoms with Gasteiger partial charge in [0.15, 0.2) is 6.54 Å². The molecule has 2 heterocycles. The molecule has 2 N–H and O–H groups in total. The Kier molecular flexibility index (Phi) is 4.89. The third-order valence-corrected chi connectivity index (χ3v) is 4.84. The summed E-state index contributed by atoms with van der Waals surface area (Å²) in [6.07, 6.45) is 2.05. The molecule has 2 aliphatic heterocycles. The number of benzene rings is 1. The second kappa shape index (κ2) is 7.09. The fourth-order valence-corrected chi connectivity index (χ4v) is 3.60. The first-order chi connectivity index (χ1) is 11.6. The monoisotopic (exact) mass is 334 g/mol. The van der Waals surface area contributed by atoms with E-state index < -0.39 is 0 Å². The lowest BCUT2D eigenvalue weighted by atomic mass is 10.0. The molecule has 0 radical (unpaired) electrons. The van der Waals surface area contributed by atoms with Gasteiger partial charge in [0.1, 0.15) is 17.5 Å². The molecule has 2 fully saturated rings. The fourth-order valence-electron chi connectivity index (χ4n) is 3.60. The molecule has 0 saturated carbocycles. The molecule has 1 unspecified atom stereocenters.